The third kappa shape index (κ3) is 2.73. The molecule has 1 saturated carbocycles. The van der Waals surface area contributed by atoms with Crippen LogP contribution in [0.25, 0.3) is 0 Å². The topological polar surface area (TPSA) is 92.7 Å². The van der Waals surface area contributed by atoms with Gasteiger partial charge in [-0.3, -0.25) is 0 Å². The molecule has 3 rings (SSSR count). The number of rotatable bonds is 5. The van der Waals surface area contributed by atoms with Crippen molar-refractivity contribution in [3.8, 4) is 0 Å². The molecule has 8 heteroatoms. The minimum atomic E-state index is -3.68. The molecule has 1 aliphatic carbocycles. The van der Waals surface area contributed by atoms with Crippen LogP contribution in [0.5, 0.6) is 0 Å². The van der Waals surface area contributed by atoms with E-state index in [2.05, 4.69) is 4.72 Å². The molecule has 0 bridgehead atoms. The van der Waals surface area contributed by atoms with E-state index in [-0.39, 0.29) is 21.9 Å². The van der Waals surface area contributed by atoms with Gasteiger partial charge in [0, 0.05) is 12.0 Å². The van der Waals surface area contributed by atoms with Crippen LogP contribution in [0.15, 0.2) is 16.3 Å². The summed E-state index contributed by atoms with van der Waals surface area (Å²) in [6.45, 7) is 0.568. The first-order valence-corrected chi connectivity index (χ1v) is 8.79. The standard InChI is InChI=1S/C12H15NO5S2/c14-12(15)10-5-8(6-19-10)20(16,17)13-9-3-4-18-11(9)7-1-2-7/h5-7,9,11,13H,1-4H2,(H,14,15). The van der Waals surface area contributed by atoms with E-state index in [1.165, 1.54) is 11.4 Å². The number of thiophene rings is 1. The average molecular weight is 317 g/mol. The predicted molar refractivity (Wildman–Crippen MR) is 72.5 cm³/mol. The molecule has 2 aliphatic rings. The maximum Gasteiger partial charge on any atom is 0.345 e. The second kappa shape index (κ2) is 5.10. The molecule has 1 aromatic heterocycles. The van der Waals surface area contributed by atoms with Crippen molar-refractivity contribution < 1.29 is 23.1 Å². The van der Waals surface area contributed by atoms with E-state index in [4.69, 9.17) is 9.84 Å². The highest BCUT2D eigenvalue weighted by atomic mass is 32.2. The van der Waals surface area contributed by atoms with Crippen molar-refractivity contribution in [3.05, 3.63) is 16.3 Å². The van der Waals surface area contributed by atoms with Crippen LogP contribution in [0, 0.1) is 5.92 Å². The molecule has 2 N–H and O–H groups in total. The molecular weight excluding hydrogens is 302 g/mol. The number of nitrogens with one attached hydrogen (secondary N) is 1. The first-order valence-electron chi connectivity index (χ1n) is 6.43. The highest BCUT2D eigenvalue weighted by Gasteiger charge is 2.42. The zero-order valence-corrected chi connectivity index (χ0v) is 12.2. The van der Waals surface area contributed by atoms with Gasteiger partial charge >= 0.3 is 5.97 Å². The Labute approximate surface area is 120 Å². The van der Waals surface area contributed by atoms with Crippen LogP contribution in [0.4, 0.5) is 0 Å². The van der Waals surface area contributed by atoms with Crippen molar-refractivity contribution in [2.45, 2.75) is 36.3 Å². The van der Waals surface area contributed by atoms with E-state index in [1.54, 1.807) is 0 Å². The highest BCUT2D eigenvalue weighted by molar-refractivity contribution is 7.89. The lowest BCUT2D eigenvalue weighted by Gasteiger charge is -2.18. The smallest absolute Gasteiger partial charge is 0.345 e. The normalized spacial score (nSPS) is 26.8. The van der Waals surface area contributed by atoms with Crippen molar-refractivity contribution in [2.75, 3.05) is 6.61 Å². The van der Waals surface area contributed by atoms with Crippen molar-refractivity contribution in [2.24, 2.45) is 5.92 Å². The number of ether oxygens (including phenoxy) is 1. The summed E-state index contributed by atoms with van der Waals surface area (Å²) >= 11 is 0.912. The second-order valence-electron chi connectivity index (χ2n) is 5.14. The van der Waals surface area contributed by atoms with Gasteiger partial charge < -0.3 is 9.84 Å². The zero-order valence-electron chi connectivity index (χ0n) is 10.6. The first kappa shape index (κ1) is 14.0. The Morgan fingerprint density at radius 1 is 1.40 bits per heavy atom. The summed E-state index contributed by atoms with van der Waals surface area (Å²) in [4.78, 5) is 10.8. The van der Waals surface area contributed by atoms with Crippen molar-refractivity contribution in [3.63, 3.8) is 0 Å². The Balaban J connectivity index is 1.75. The Hall–Kier alpha value is -0.960. The fraction of sp³-hybridized carbons (Fsp3) is 0.583. The molecule has 2 unspecified atom stereocenters. The van der Waals surface area contributed by atoms with E-state index in [0.29, 0.717) is 18.9 Å². The molecule has 20 heavy (non-hydrogen) atoms. The summed E-state index contributed by atoms with van der Waals surface area (Å²) in [5, 5.41) is 10.2. The van der Waals surface area contributed by atoms with Gasteiger partial charge in [0.15, 0.2) is 0 Å². The Kier molecular flexibility index (Phi) is 3.57. The molecule has 2 fully saturated rings. The summed E-state index contributed by atoms with van der Waals surface area (Å²) in [7, 11) is -3.68. The summed E-state index contributed by atoms with van der Waals surface area (Å²) in [6.07, 6.45) is 2.80. The van der Waals surface area contributed by atoms with E-state index in [1.807, 2.05) is 0 Å². The Bertz CT molecular complexity index is 620. The highest BCUT2D eigenvalue weighted by Crippen LogP contribution is 2.39. The molecule has 6 nitrogen and oxygen atoms in total. The van der Waals surface area contributed by atoms with Gasteiger partial charge in [-0.05, 0) is 31.2 Å². The molecule has 110 valence electrons. The lowest BCUT2D eigenvalue weighted by molar-refractivity contribution is 0.0702. The van der Waals surface area contributed by atoms with E-state index < -0.39 is 16.0 Å². The lowest BCUT2D eigenvalue weighted by Crippen LogP contribution is -2.41. The SMILES string of the molecule is O=C(O)c1cc(S(=O)(=O)NC2CCOC2C2CC2)cs1. The van der Waals surface area contributed by atoms with Gasteiger partial charge in [-0.2, -0.15) is 0 Å². The maximum absolute atomic E-state index is 12.3. The summed E-state index contributed by atoms with van der Waals surface area (Å²) in [6, 6.07) is 0.984. The molecule has 2 atom stereocenters. The number of carboxylic acids is 1. The number of aromatic carboxylic acids is 1. The molecule has 1 aliphatic heterocycles. The van der Waals surface area contributed by atoms with Gasteiger partial charge in [-0.1, -0.05) is 0 Å². The number of carboxylic acid groups (broad SMARTS) is 1. The number of sulfonamides is 1. The minimum Gasteiger partial charge on any atom is -0.477 e. The van der Waals surface area contributed by atoms with Crippen molar-refractivity contribution >= 4 is 27.3 Å². The van der Waals surface area contributed by atoms with Gasteiger partial charge in [0.2, 0.25) is 10.0 Å². The molecule has 0 aromatic carbocycles. The van der Waals surface area contributed by atoms with E-state index >= 15 is 0 Å². The second-order valence-corrected chi connectivity index (χ2v) is 7.77. The van der Waals surface area contributed by atoms with Crippen LogP contribution in [0.1, 0.15) is 28.9 Å². The largest absolute Gasteiger partial charge is 0.477 e. The molecule has 0 radical (unpaired) electrons. The molecule has 0 amide bonds. The van der Waals surface area contributed by atoms with Gasteiger partial charge in [-0.15, -0.1) is 11.3 Å². The summed E-state index contributed by atoms with van der Waals surface area (Å²) in [5.41, 5.74) is 0. The monoisotopic (exact) mass is 317 g/mol. The molecular formula is C12H15NO5S2. The minimum absolute atomic E-state index is 0.0151. The van der Waals surface area contributed by atoms with Crippen LogP contribution in [-0.4, -0.2) is 38.2 Å². The molecule has 0 spiro atoms. The van der Waals surface area contributed by atoms with Crippen LogP contribution in [0.3, 0.4) is 0 Å². The fourth-order valence-electron chi connectivity index (χ4n) is 2.47. The quantitative estimate of drug-likeness (QED) is 0.853. The van der Waals surface area contributed by atoms with Crippen molar-refractivity contribution in [1.82, 2.24) is 4.72 Å². The number of hydrogen-bond donors (Lipinski definition) is 2. The molecule has 1 aromatic rings. The Morgan fingerprint density at radius 2 is 2.15 bits per heavy atom. The third-order valence-corrected chi connectivity index (χ3v) is 6.16. The van der Waals surface area contributed by atoms with Crippen LogP contribution < -0.4 is 4.72 Å². The third-order valence-electron chi connectivity index (χ3n) is 3.63. The maximum atomic E-state index is 12.3. The lowest BCUT2D eigenvalue weighted by atomic mass is 10.1. The Morgan fingerprint density at radius 3 is 2.75 bits per heavy atom. The van der Waals surface area contributed by atoms with E-state index in [9.17, 15) is 13.2 Å². The average Bonchev–Trinajstić information content (AvgIpc) is 2.92. The van der Waals surface area contributed by atoms with Gasteiger partial charge in [-0.25, -0.2) is 17.9 Å². The summed E-state index contributed by atoms with van der Waals surface area (Å²) < 4.78 is 32.8. The van der Waals surface area contributed by atoms with E-state index in [0.717, 1.165) is 24.2 Å². The van der Waals surface area contributed by atoms with Crippen LogP contribution >= 0.6 is 11.3 Å². The molecule has 1 saturated heterocycles. The zero-order chi connectivity index (χ0) is 14.3. The van der Waals surface area contributed by atoms with Crippen LogP contribution in [0.2, 0.25) is 0 Å². The molecule has 2 heterocycles. The predicted octanol–water partition coefficient (Wildman–Crippen LogP) is 1.29. The number of carbonyl (C=O) groups is 1. The number of hydrogen-bond acceptors (Lipinski definition) is 5. The van der Waals surface area contributed by atoms with Crippen LogP contribution in [-0.2, 0) is 14.8 Å². The van der Waals surface area contributed by atoms with Gasteiger partial charge in [0.05, 0.1) is 17.0 Å². The fourth-order valence-corrected chi connectivity index (χ4v) is 4.86. The summed E-state index contributed by atoms with van der Waals surface area (Å²) in [5.74, 6) is -0.654. The van der Waals surface area contributed by atoms with Gasteiger partial charge in [0.1, 0.15) is 4.88 Å². The first-order chi connectivity index (χ1) is 9.47. The van der Waals surface area contributed by atoms with Crippen molar-refractivity contribution in [1.29, 1.82) is 0 Å². The van der Waals surface area contributed by atoms with Gasteiger partial charge in [0.25, 0.3) is 0 Å².